The zero-order chi connectivity index (χ0) is 27.2. The summed E-state index contributed by atoms with van der Waals surface area (Å²) in [5, 5.41) is 11.7. The van der Waals surface area contributed by atoms with Crippen molar-refractivity contribution in [1.29, 1.82) is 0 Å². The Balaban J connectivity index is 1.65. The molecule has 1 aromatic heterocycles. The predicted molar refractivity (Wildman–Crippen MR) is 135 cm³/mol. The van der Waals surface area contributed by atoms with Crippen LogP contribution in [0, 0.1) is 0 Å². The molecule has 0 bridgehead atoms. The third-order valence-electron chi connectivity index (χ3n) is 7.15. The van der Waals surface area contributed by atoms with E-state index >= 15 is 0 Å². The maximum atomic E-state index is 13.3. The monoisotopic (exact) mass is 581 g/mol. The van der Waals surface area contributed by atoms with Crippen molar-refractivity contribution < 1.29 is 35.1 Å². The molecule has 0 amide bonds. The fourth-order valence-corrected chi connectivity index (χ4v) is 8.47. The molecule has 1 N–H and O–H groups in total. The first kappa shape index (κ1) is 28.3. The molecule has 0 spiro atoms. The molecule has 2 aliphatic rings. The van der Waals surface area contributed by atoms with Gasteiger partial charge in [0, 0.05) is 37.9 Å². The lowest BCUT2D eigenvalue weighted by Crippen LogP contribution is -2.60. The molecular weight excluding hydrogens is 551 g/mol. The Bertz CT molecular complexity index is 1290. The van der Waals surface area contributed by atoms with Gasteiger partial charge in [0.15, 0.2) is 5.60 Å². The van der Waals surface area contributed by atoms with Gasteiger partial charge in [-0.1, -0.05) is 24.6 Å². The van der Waals surface area contributed by atoms with Gasteiger partial charge >= 0.3 is 6.18 Å². The Labute approximate surface area is 219 Å². The molecule has 0 radical (unpaired) electrons. The van der Waals surface area contributed by atoms with Gasteiger partial charge in [-0.3, -0.25) is 0 Å². The number of anilines is 1. The molecule has 0 unspecified atom stereocenters. The van der Waals surface area contributed by atoms with Crippen molar-refractivity contribution in [2.24, 2.45) is 0 Å². The maximum absolute atomic E-state index is 13.3. The lowest BCUT2D eigenvalue weighted by molar-refractivity contribution is -0.258. The Kier molecular flexibility index (Phi) is 7.74. The van der Waals surface area contributed by atoms with Crippen molar-refractivity contribution in [1.82, 2.24) is 8.61 Å². The Morgan fingerprint density at radius 1 is 1.08 bits per heavy atom. The number of hydrogen-bond donors (Lipinski definition) is 1. The average Bonchev–Trinajstić information content (AvgIpc) is 3.32. The van der Waals surface area contributed by atoms with E-state index < -0.39 is 37.9 Å². The van der Waals surface area contributed by atoms with Crippen LogP contribution in [0.1, 0.15) is 31.7 Å². The molecule has 206 valence electrons. The molecule has 2 atom stereocenters. The quantitative estimate of drug-likeness (QED) is 0.514. The molecule has 1 aliphatic carbocycles. The number of nitrogens with zero attached hydrogens (tertiary/aromatic N) is 3. The van der Waals surface area contributed by atoms with Gasteiger partial charge in [0.25, 0.3) is 10.0 Å². The number of alkyl halides is 3. The van der Waals surface area contributed by atoms with Crippen LogP contribution in [0.3, 0.4) is 0 Å². The second-order valence-electron chi connectivity index (χ2n) is 9.68. The number of benzene rings is 1. The Morgan fingerprint density at radius 2 is 1.73 bits per heavy atom. The van der Waals surface area contributed by atoms with E-state index in [1.54, 1.807) is 11.4 Å². The Morgan fingerprint density at radius 3 is 2.22 bits per heavy atom. The summed E-state index contributed by atoms with van der Waals surface area (Å²) in [5.41, 5.74) is -2.84. The van der Waals surface area contributed by atoms with Gasteiger partial charge in [0.05, 0.1) is 12.3 Å². The second kappa shape index (κ2) is 10.1. The predicted octanol–water partition coefficient (Wildman–Crippen LogP) is 3.21. The summed E-state index contributed by atoms with van der Waals surface area (Å²) >= 11 is 1.10. The summed E-state index contributed by atoms with van der Waals surface area (Å²) in [6, 6.07) is 7.69. The van der Waals surface area contributed by atoms with E-state index in [1.807, 2.05) is 4.90 Å². The largest absolute Gasteiger partial charge is 0.421 e. The molecule has 1 aliphatic heterocycles. The maximum Gasteiger partial charge on any atom is 0.421 e. The van der Waals surface area contributed by atoms with E-state index in [9.17, 15) is 35.1 Å². The van der Waals surface area contributed by atoms with Gasteiger partial charge in [0.2, 0.25) is 10.0 Å². The summed E-state index contributed by atoms with van der Waals surface area (Å²) in [6.45, 7) is 1.08. The fraction of sp³-hybridized carbons (Fsp3) is 0.565. The van der Waals surface area contributed by atoms with Gasteiger partial charge in [0.1, 0.15) is 4.21 Å². The van der Waals surface area contributed by atoms with Crippen molar-refractivity contribution in [2.75, 3.05) is 37.3 Å². The van der Waals surface area contributed by atoms with Gasteiger partial charge in [-0.05, 0) is 48.9 Å². The Hall–Kier alpha value is -1.71. The minimum Gasteiger partial charge on any atom is -0.376 e. The molecule has 37 heavy (non-hydrogen) atoms. The molecular formula is C23H30F3N3O5S3. The standard InChI is InChI=1S/C23H30F3N3O5S3/c1-22(30,23(24,25)26)17-8-10-18(11-9-17)28-13-12-27(37(33,34)21-7-4-14-35-21)15-20(28)16-29(36(2,31)32)19-5-3-6-19/h4,7-11,14,19-20,30H,3,5-6,12-13,15-16H2,1-2H3/t20-,22-/m1/s1. The first-order valence-corrected chi connectivity index (χ1v) is 16.0. The van der Waals surface area contributed by atoms with Crippen LogP contribution in [0.2, 0.25) is 0 Å². The molecule has 4 rings (SSSR count). The second-order valence-corrected chi connectivity index (χ2v) is 14.7. The lowest BCUT2D eigenvalue weighted by atomic mass is 9.92. The normalized spacial score (nSPS) is 22.1. The summed E-state index contributed by atoms with van der Waals surface area (Å²) in [5.74, 6) is 0. The zero-order valence-corrected chi connectivity index (χ0v) is 22.9. The number of rotatable bonds is 8. The number of thiophene rings is 1. The number of piperazine rings is 1. The average molecular weight is 582 g/mol. The van der Waals surface area contributed by atoms with E-state index in [4.69, 9.17) is 0 Å². The number of halogens is 3. The first-order valence-electron chi connectivity index (χ1n) is 11.8. The highest BCUT2D eigenvalue weighted by Crippen LogP contribution is 2.39. The summed E-state index contributed by atoms with van der Waals surface area (Å²) in [6.07, 6.45) is -1.38. The van der Waals surface area contributed by atoms with Gasteiger partial charge in [-0.25, -0.2) is 16.8 Å². The van der Waals surface area contributed by atoms with Crippen LogP contribution < -0.4 is 4.90 Å². The highest BCUT2D eigenvalue weighted by Gasteiger charge is 2.51. The lowest BCUT2D eigenvalue weighted by Gasteiger charge is -2.45. The van der Waals surface area contributed by atoms with E-state index in [2.05, 4.69) is 0 Å². The first-order chi connectivity index (χ1) is 17.1. The molecule has 1 saturated heterocycles. The van der Waals surface area contributed by atoms with Crippen LogP contribution in [0.25, 0.3) is 0 Å². The molecule has 2 heterocycles. The summed E-state index contributed by atoms with van der Waals surface area (Å²) in [7, 11) is -7.37. The number of sulfonamides is 2. The summed E-state index contributed by atoms with van der Waals surface area (Å²) < 4.78 is 94.5. The smallest absolute Gasteiger partial charge is 0.376 e. The van der Waals surface area contributed by atoms with Gasteiger partial charge in [-0.2, -0.15) is 21.8 Å². The number of hydrogen-bond acceptors (Lipinski definition) is 7. The van der Waals surface area contributed by atoms with Crippen LogP contribution in [-0.4, -0.2) is 81.2 Å². The minimum absolute atomic E-state index is 0.0149. The molecule has 2 fully saturated rings. The van der Waals surface area contributed by atoms with Crippen molar-refractivity contribution in [3.63, 3.8) is 0 Å². The fourth-order valence-electron chi connectivity index (χ4n) is 4.66. The van der Waals surface area contributed by atoms with Crippen molar-refractivity contribution >= 4 is 37.1 Å². The van der Waals surface area contributed by atoms with Crippen LogP contribution >= 0.6 is 11.3 Å². The van der Waals surface area contributed by atoms with E-state index in [0.717, 1.165) is 36.9 Å². The molecule has 1 aromatic carbocycles. The van der Waals surface area contributed by atoms with Crippen molar-refractivity contribution in [3.8, 4) is 0 Å². The molecule has 2 aromatic rings. The number of aliphatic hydroxyl groups is 1. The van der Waals surface area contributed by atoms with Crippen LogP contribution in [0.5, 0.6) is 0 Å². The van der Waals surface area contributed by atoms with Crippen LogP contribution in [-0.2, 0) is 25.6 Å². The van der Waals surface area contributed by atoms with Crippen molar-refractivity contribution in [3.05, 3.63) is 47.3 Å². The SMILES string of the molecule is C[C@@](O)(c1ccc(N2CCN(S(=O)(=O)c3cccs3)C[C@@H]2CN(C2CCC2)S(C)(=O)=O)cc1)C(F)(F)F. The molecule has 1 saturated carbocycles. The van der Waals surface area contributed by atoms with Crippen LogP contribution in [0.15, 0.2) is 46.0 Å². The molecule has 8 nitrogen and oxygen atoms in total. The van der Waals surface area contributed by atoms with E-state index in [0.29, 0.717) is 12.6 Å². The van der Waals surface area contributed by atoms with Crippen LogP contribution in [0.4, 0.5) is 18.9 Å². The van der Waals surface area contributed by atoms with Gasteiger partial charge < -0.3 is 10.0 Å². The third-order valence-corrected chi connectivity index (χ3v) is 11.7. The van der Waals surface area contributed by atoms with Gasteiger partial charge in [-0.15, -0.1) is 11.3 Å². The topological polar surface area (TPSA) is 98.2 Å². The zero-order valence-electron chi connectivity index (χ0n) is 20.4. The van der Waals surface area contributed by atoms with Crippen molar-refractivity contribution in [2.45, 2.75) is 54.3 Å². The third kappa shape index (κ3) is 5.69. The highest BCUT2D eigenvalue weighted by atomic mass is 32.2. The highest BCUT2D eigenvalue weighted by molar-refractivity contribution is 7.91. The minimum atomic E-state index is -4.86. The van der Waals surface area contributed by atoms with E-state index in [1.165, 1.54) is 38.9 Å². The van der Waals surface area contributed by atoms with E-state index in [-0.39, 0.29) is 42.0 Å². The summed E-state index contributed by atoms with van der Waals surface area (Å²) in [4.78, 5) is 1.84. The molecule has 14 heteroatoms.